The van der Waals surface area contributed by atoms with Crippen LogP contribution in [0.3, 0.4) is 0 Å². The van der Waals surface area contributed by atoms with E-state index in [1.807, 2.05) is 0 Å². The highest BCUT2D eigenvalue weighted by Crippen LogP contribution is 2.39. The van der Waals surface area contributed by atoms with Gasteiger partial charge in [-0.3, -0.25) is 4.79 Å². The Morgan fingerprint density at radius 2 is 1.48 bits per heavy atom. The molecule has 0 aromatic heterocycles. The van der Waals surface area contributed by atoms with E-state index in [0.717, 1.165) is 0 Å². The molecule has 0 unspecified atom stereocenters. The van der Waals surface area contributed by atoms with Crippen molar-refractivity contribution in [1.82, 2.24) is 9.80 Å². The minimum absolute atomic E-state index is 0.116. The molecule has 1 saturated heterocycles. The second-order valence-corrected chi connectivity index (χ2v) is 6.02. The van der Waals surface area contributed by atoms with Crippen LogP contribution in [-0.4, -0.2) is 88.5 Å². The lowest BCUT2D eigenvalue weighted by Gasteiger charge is -2.33. The number of rotatable bonds is 7. The monoisotopic (exact) mass is 410 g/mol. The molecular weight excluding hydrogens is 384 g/mol. The summed E-state index contributed by atoms with van der Waals surface area (Å²) in [6.45, 7) is 3.02. The van der Waals surface area contributed by atoms with Crippen molar-refractivity contribution in [2.24, 2.45) is 0 Å². The predicted molar refractivity (Wildman–Crippen MR) is 102 cm³/mol. The molecule has 0 spiro atoms. The summed E-state index contributed by atoms with van der Waals surface area (Å²) in [7, 11) is 4.28. The van der Waals surface area contributed by atoms with E-state index in [4.69, 9.17) is 23.7 Å². The van der Waals surface area contributed by atoms with Crippen LogP contribution >= 0.6 is 0 Å². The van der Waals surface area contributed by atoms with Crippen LogP contribution < -0.4 is 14.2 Å². The number of hydrogen-bond donors (Lipinski definition) is 0. The first-order chi connectivity index (χ1) is 14.0. The Balaban J connectivity index is 1.94. The summed E-state index contributed by atoms with van der Waals surface area (Å²) in [4.78, 5) is 39.6. The maximum absolute atomic E-state index is 12.5. The molecule has 0 radical (unpaired) electrons. The van der Waals surface area contributed by atoms with Gasteiger partial charge in [-0.25, -0.2) is 9.59 Å². The van der Waals surface area contributed by atoms with Gasteiger partial charge in [-0.2, -0.15) is 0 Å². The zero-order valence-electron chi connectivity index (χ0n) is 17.1. The average molecular weight is 410 g/mol. The average Bonchev–Trinajstić information content (AvgIpc) is 2.76. The van der Waals surface area contributed by atoms with Crippen LogP contribution in [0.4, 0.5) is 4.79 Å². The first-order valence-corrected chi connectivity index (χ1v) is 9.12. The number of benzene rings is 1. The third-order valence-electron chi connectivity index (χ3n) is 4.41. The number of esters is 1. The molecule has 1 heterocycles. The highest BCUT2D eigenvalue weighted by Gasteiger charge is 2.27. The lowest BCUT2D eigenvalue weighted by molar-refractivity contribution is -0.136. The number of carbonyl (C=O) groups is 3. The molecule has 0 atom stereocenters. The van der Waals surface area contributed by atoms with E-state index in [1.165, 1.54) is 37.2 Å². The number of nitrogens with zero attached hydrogens (tertiary/aromatic N) is 2. The zero-order valence-corrected chi connectivity index (χ0v) is 17.1. The second-order valence-electron chi connectivity index (χ2n) is 6.02. The first-order valence-electron chi connectivity index (χ1n) is 9.12. The Morgan fingerprint density at radius 1 is 0.862 bits per heavy atom. The first kappa shape index (κ1) is 22.1. The van der Waals surface area contributed by atoms with E-state index in [-0.39, 0.29) is 23.0 Å². The lowest BCUT2D eigenvalue weighted by Crippen LogP contribution is -2.51. The molecule has 10 nitrogen and oxygen atoms in total. The van der Waals surface area contributed by atoms with Crippen LogP contribution in [0, 0.1) is 0 Å². The van der Waals surface area contributed by atoms with Crippen LogP contribution in [0.5, 0.6) is 17.2 Å². The number of amides is 2. The standard InChI is InChI=1S/C19H26N2O8/c1-5-28-19(24)21-10-8-20(9-11-21)15(22)12-29-18(23)13-6-7-14(25-2)17(27-4)16(13)26-3/h6-7H,5,8-12H2,1-4H3. The van der Waals surface area contributed by atoms with Gasteiger partial charge in [0.05, 0.1) is 27.9 Å². The van der Waals surface area contributed by atoms with Gasteiger partial charge < -0.3 is 33.5 Å². The van der Waals surface area contributed by atoms with E-state index < -0.39 is 18.7 Å². The highest BCUT2D eigenvalue weighted by atomic mass is 16.6. The van der Waals surface area contributed by atoms with E-state index in [0.29, 0.717) is 38.5 Å². The van der Waals surface area contributed by atoms with Gasteiger partial charge in [0, 0.05) is 26.2 Å². The quantitative estimate of drug-likeness (QED) is 0.617. The topological polar surface area (TPSA) is 104 Å². The van der Waals surface area contributed by atoms with Crippen molar-refractivity contribution in [3.05, 3.63) is 17.7 Å². The summed E-state index contributed by atoms with van der Waals surface area (Å²) in [5.74, 6) is -0.253. The van der Waals surface area contributed by atoms with Gasteiger partial charge in [0.25, 0.3) is 5.91 Å². The Morgan fingerprint density at radius 3 is 2.03 bits per heavy atom. The van der Waals surface area contributed by atoms with Crippen LogP contribution in [0.2, 0.25) is 0 Å². The molecule has 0 saturated carbocycles. The fourth-order valence-electron chi connectivity index (χ4n) is 2.91. The minimum Gasteiger partial charge on any atom is -0.493 e. The minimum atomic E-state index is -0.721. The number of hydrogen-bond acceptors (Lipinski definition) is 8. The lowest BCUT2D eigenvalue weighted by atomic mass is 10.1. The van der Waals surface area contributed by atoms with E-state index >= 15 is 0 Å². The second kappa shape index (κ2) is 10.4. The van der Waals surface area contributed by atoms with E-state index in [1.54, 1.807) is 13.0 Å². The molecule has 1 aromatic carbocycles. The van der Waals surface area contributed by atoms with Gasteiger partial charge in [0.1, 0.15) is 5.56 Å². The zero-order chi connectivity index (χ0) is 21.4. The van der Waals surface area contributed by atoms with Crippen LogP contribution in [0.1, 0.15) is 17.3 Å². The third kappa shape index (κ3) is 5.21. The fourth-order valence-corrected chi connectivity index (χ4v) is 2.91. The van der Waals surface area contributed by atoms with Crippen LogP contribution in [0.15, 0.2) is 12.1 Å². The Kier molecular flexibility index (Phi) is 7.93. The SMILES string of the molecule is CCOC(=O)N1CCN(C(=O)COC(=O)c2ccc(OC)c(OC)c2OC)CC1. The summed E-state index contributed by atoms with van der Waals surface area (Å²) in [6.07, 6.45) is -0.397. The normalized spacial score (nSPS) is 13.5. The maximum Gasteiger partial charge on any atom is 0.409 e. The Labute approximate surface area is 169 Å². The van der Waals surface area contributed by atoms with Crippen molar-refractivity contribution in [3.63, 3.8) is 0 Å². The molecule has 0 bridgehead atoms. The van der Waals surface area contributed by atoms with Gasteiger partial charge in [0.2, 0.25) is 5.75 Å². The molecule has 1 aliphatic heterocycles. The molecule has 1 aliphatic rings. The molecule has 0 N–H and O–H groups in total. The number of ether oxygens (including phenoxy) is 5. The summed E-state index contributed by atoms with van der Waals surface area (Å²) in [5, 5.41) is 0. The smallest absolute Gasteiger partial charge is 0.409 e. The Hall–Kier alpha value is -3.17. The molecule has 29 heavy (non-hydrogen) atoms. The Bertz CT molecular complexity index is 744. The fraction of sp³-hybridized carbons (Fsp3) is 0.526. The van der Waals surface area contributed by atoms with Crippen molar-refractivity contribution < 1.29 is 38.1 Å². The van der Waals surface area contributed by atoms with Gasteiger partial charge in [-0.05, 0) is 19.1 Å². The molecule has 2 rings (SSSR count). The highest BCUT2D eigenvalue weighted by molar-refractivity contribution is 5.95. The largest absolute Gasteiger partial charge is 0.493 e. The molecule has 1 aromatic rings. The summed E-state index contributed by atoms with van der Waals surface area (Å²) < 4.78 is 25.8. The predicted octanol–water partition coefficient (Wildman–Crippen LogP) is 1.17. The number of carbonyl (C=O) groups excluding carboxylic acids is 3. The molecule has 2 amide bonds. The third-order valence-corrected chi connectivity index (χ3v) is 4.41. The van der Waals surface area contributed by atoms with Gasteiger partial charge in [-0.1, -0.05) is 0 Å². The van der Waals surface area contributed by atoms with Crippen molar-refractivity contribution in [2.45, 2.75) is 6.92 Å². The molecule has 160 valence electrons. The maximum atomic E-state index is 12.5. The van der Waals surface area contributed by atoms with Gasteiger partial charge in [-0.15, -0.1) is 0 Å². The van der Waals surface area contributed by atoms with E-state index in [2.05, 4.69) is 0 Å². The summed E-state index contributed by atoms with van der Waals surface area (Å²) >= 11 is 0. The summed E-state index contributed by atoms with van der Waals surface area (Å²) in [5.41, 5.74) is 0.116. The summed E-state index contributed by atoms with van der Waals surface area (Å²) in [6, 6.07) is 3.03. The number of methoxy groups -OCH3 is 3. The van der Waals surface area contributed by atoms with E-state index in [9.17, 15) is 14.4 Å². The van der Waals surface area contributed by atoms with Crippen molar-refractivity contribution >= 4 is 18.0 Å². The molecule has 10 heteroatoms. The van der Waals surface area contributed by atoms with Crippen molar-refractivity contribution in [1.29, 1.82) is 0 Å². The van der Waals surface area contributed by atoms with Gasteiger partial charge in [0.15, 0.2) is 18.1 Å². The van der Waals surface area contributed by atoms with Gasteiger partial charge >= 0.3 is 12.1 Å². The van der Waals surface area contributed by atoms with Crippen LogP contribution in [-0.2, 0) is 14.3 Å². The van der Waals surface area contributed by atoms with Crippen molar-refractivity contribution in [2.75, 3.05) is 60.7 Å². The molecule has 1 fully saturated rings. The van der Waals surface area contributed by atoms with Crippen LogP contribution in [0.25, 0.3) is 0 Å². The number of piperazine rings is 1. The molecule has 0 aliphatic carbocycles. The van der Waals surface area contributed by atoms with Crippen molar-refractivity contribution in [3.8, 4) is 17.2 Å². The molecular formula is C19H26N2O8.